The number of primary amides is 1. The molecule has 7 heteroatoms. The van der Waals surface area contributed by atoms with Crippen LogP contribution in [0.2, 0.25) is 0 Å². The maximum absolute atomic E-state index is 14.1. The monoisotopic (exact) mass is 421 g/mol. The van der Waals surface area contributed by atoms with Crippen molar-refractivity contribution >= 4 is 11.8 Å². The zero-order valence-corrected chi connectivity index (χ0v) is 17.1. The van der Waals surface area contributed by atoms with Gasteiger partial charge in [0.05, 0.1) is 17.3 Å². The molecule has 1 saturated heterocycles. The van der Waals surface area contributed by atoms with E-state index in [0.717, 1.165) is 12.8 Å². The Morgan fingerprint density at radius 3 is 2.65 bits per heavy atom. The number of carbonyl (C=O) groups excluding carboxylic acids is 2. The van der Waals surface area contributed by atoms with E-state index in [9.17, 15) is 14.0 Å². The molecule has 2 amide bonds. The summed E-state index contributed by atoms with van der Waals surface area (Å²) >= 11 is 0. The van der Waals surface area contributed by atoms with E-state index < -0.39 is 5.82 Å². The lowest BCUT2D eigenvalue weighted by Crippen LogP contribution is -2.40. The third kappa shape index (κ3) is 4.66. The summed E-state index contributed by atoms with van der Waals surface area (Å²) < 4.78 is 19.9. The number of hydrogen-bond acceptors (Lipinski definition) is 4. The lowest BCUT2D eigenvalue weighted by Gasteiger charge is -2.33. The summed E-state index contributed by atoms with van der Waals surface area (Å²) in [7, 11) is 0. The second-order valence-electron chi connectivity index (χ2n) is 7.82. The highest BCUT2D eigenvalue weighted by Gasteiger charge is 2.27. The number of hydrogen-bond donors (Lipinski definition) is 1. The number of oxazole rings is 1. The van der Waals surface area contributed by atoms with E-state index in [1.165, 1.54) is 12.3 Å². The summed E-state index contributed by atoms with van der Waals surface area (Å²) in [4.78, 5) is 30.5. The van der Waals surface area contributed by atoms with Crippen molar-refractivity contribution in [2.75, 3.05) is 13.1 Å². The highest BCUT2D eigenvalue weighted by molar-refractivity contribution is 6.00. The number of carbonyl (C=O) groups is 2. The van der Waals surface area contributed by atoms with Crippen molar-refractivity contribution in [1.82, 2.24) is 9.88 Å². The zero-order chi connectivity index (χ0) is 21.8. The zero-order valence-electron chi connectivity index (χ0n) is 17.1. The Balaban J connectivity index is 1.57. The molecule has 0 radical (unpaired) electrons. The molecular weight excluding hydrogens is 397 g/mol. The van der Waals surface area contributed by atoms with Crippen LogP contribution in [0.15, 0.2) is 59.1 Å². The number of halogens is 1. The van der Waals surface area contributed by atoms with Gasteiger partial charge >= 0.3 is 0 Å². The van der Waals surface area contributed by atoms with Crippen LogP contribution in [0.1, 0.15) is 36.0 Å². The van der Waals surface area contributed by atoms with Gasteiger partial charge in [-0.2, -0.15) is 0 Å². The Bertz CT molecular complexity index is 1090. The molecule has 1 unspecified atom stereocenters. The van der Waals surface area contributed by atoms with Crippen LogP contribution in [0, 0.1) is 11.7 Å². The average molecular weight is 421 g/mol. The molecule has 3 aromatic rings. The molecule has 31 heavy (non-hydrogen) atoms. The number of amides is 2. The Morgan fingerprint density at radius 1 is 1.13 bits per heavy atom. The Labute approximate surface area is 179 Å². The summed E-state index contributed by atoms with van der Waals surface area (Å²) in [6.07, 6.45) is 4.35. The molecule has 2 aromatic carbocycles. The van der Waals surface area contributed by atoms with Gasteiger partial charge in [-0.05, 0) is 49.4 Å². The molecule has 0 saturated carbocycles. The van der Waals surface area contributed by atoms with E-state index in [-0.39, 0.29) is 23.6 Å². The van der Waals surface area contributed by atoms with Crippen LogP contribution in [0.3, 0.4) is 0 Å². The van der Waals surface area contributed by atoms with Crippen LogP contribution >= 0.6 is 0 Å². The minimum atomic E-state index is -0.398. The van der Waals surface area contributed by atoms with E-state index in [1.54, 1.807) is 36.4 Å². The Hall–Kier alpha value is -3.48. The first kappa shape index (κ1) is 20.8. The number of nitrogens with two attached hydrogens (primary N) is 1. The first-order valence-electron chi connectivity index (χ1n) is 10.4. The molecule has 1 aliphatic rings. The smallest absolute Gasteiger partial charge is 0.254 e. The molecule has 1 aliphatic heterocycles. The predicted octanol–water partition coefficient (Wildman–Crippen LogP) is 4.27. The van der Waals surface area contributed by atoms with Gasteiger partial charge in [-0.25, -0.2) is 9.37 Å². The number of nitrogens with zero attached hydrogens (tertiary/aromatic N) is 2. The summed E-state index contributed by atoms with van der Waals surface area (Å²) in [5.74, 6) is 0.00864. The number of aromatic nitrogens is 1. The largest absolute Gasteiger partial charge is 0.436 e. The fourth-order valence-corrected chi connectivity index (χ4v) is 4.04. The van der Waals surface area contributed by atoms with Crippen LogP contribution in [-0.2, 0) is 4.79 Å². The Kier molecular flexibility index (Phi) is 6.11. The van der Waals surface area contributed by atoms with E-state index in [2.05, 4.69) is 4.98 Å². The van der Waals surface area contributed by atoms with Gasteiger partial charge < -0.3 is 15.1 Å². The number of benzene rings is 2. The first-order valence-corrected chi connectivity index (χ1v) is 10.4. The minimum absolute atomic E-state index is 0.106. The maximum Gasteiger partial charge on any atom is 0.254 e. The third-order valence-electron chi connectivity index (χ3n) is 5.64. The molecule has 0 aliphatic carbocycles. The minimum Gasteiger partial charge on any atom is -0.436 e. The second kappa shape index (κ2) is 9.12. The molecule has 160 valence electrons. The summed E-state index contributed by atoms with van der Waals surface area (Å²) in [6.45, 7) is 1.25. The molecule has 2 N–H and O–H groups in total. The van der Waals surface area contributed by atoms with Crippen molar-refractivity contribution in [3.8, 4) is 22.8 Å². The molecule has 2 heterocycles. The van der Waals surface area contributed by atoms with Crippen LogP contribution in [-0.4, -0.2) is 34.8 Å². The topological polar surface area (TPSA) is 89.4 Å². The van der Waals surface area contributed by atoms with E-state index in [0.29, 0.717) is 48.4 Å². The van der Waals surface area contributed by atoms with Gasteiger partial charge in [0.2, 0.25) is 11.8 Å². The van der Waals surface area contributed by atoms with Gasteiger partial charge in [0.25, 0.3) is 5.91 Å². The van der Waals surface area contributed by atoms with Crippen LogP contribution in [0.25, 0.3) is 22.8 Å². The highest BCUT2D eigenvalue weighted by Crippen LogP contribution is 2.31. The van der Waals surface area contributed by atoms with Gasteiger partial charge in [0, 0.05) is 25.1 Å². The fraction of sp³-hybridized carbons (Fsp3) is 0.292. The van der Waals surface area contributed by atoms with E-state index in [1.807, 2.05) is 11.0 Å². The summed E-state index contributed by atoms with van der Waals surface area (Å²) in [5.41, 5.74) is 6.64. The number of rotatable bonds is 6. The predicted molar refractivity (Wildman–Crippen MR) is 114 cm³/mol. The van der Waals surface area contributed by atoms with Crippen LogP contribution in [0.5, 0.6) is 0 Å². The van der Waals surface area contributed by atoms with Gasteiger partial charge in [0.15, 0.2) is 5.76 Å². The lowest BCUT2D eigenvalue weighted by atomic mass is 9.92. The number of piperidine rings is 1. The molecule has 1 aromatic heterocycles. The third-order valence-corrected chi connectivity index (χ3v) is 5.64. The average Bonchev–Trinajstić information content (AvgIpc) is 3.27. The fourth-order valence-electron chi connectivity index (χ4n) is 4.04. The molecule has 1 atom stereocenters. The standard InChI is InChI=1S/C24H24FN3O3/c25-20-10-4-3-9-19(20)21-14-27-23(31-21)17-7-1-2-8-18(17)24(30)28-13-5-6-16(15-28)11-12-22(26)29/h1-4,7-10,14,16H,5-6,11-13,15H2,(H2,26,29). The normalized spacial score (nSPS) is 16.3. The van der Waals surface area contributed by atoms with Gasteiger partial charge in [0.1, 0.15) is 5.82 Å². The van der Waals surface area contributed by atoms with Gasteiger partial charge in [-0.1, -0.05) is 24.3 Å². The highest BCUT2D eigenvalue weighted by atomic mass is 19.1. The summed E-state index contributed by atoms with van der Waals surface area (Å²) in [5, 5.41) is 0. The lowest BCUT2D eigenvalue weighted by molar-refractivity contribution is -0.118. The quantitative estimate of drug-likeness (QED) is 0.644. The van der Waals surface area contributed by atoms with E-state index >= 15 is 0 Å². The van der Waals surface area contributed by atoms with Crippen molar-refractivity contribution < 1.29 is 18.4 Å². The van der Waals surface area contributed by atoms with Crippen LogP contribution < -0.4 is 5.73 Å². The van der Waals surface area contributed by atoms with E-state index in [4.69, 9.17) is 10.2 Å². The van der Waals surface area contributed by atoms with Crippen molar-refractivity contribution in [2.24, 2.45) is 11.7 Å². The molecular formula is C24H24FN3O3. The maximum atomic E-state index is 14.1. The molecule has 0 bridgehead atoms. The Morgan fingerprint density at radius 2 is 1.87 bits per heavy atom. The van der Waals surface area contributed by atoms with Crippen molar-refractivity contribution in [3.63, 3.8) is 0 Å². The van der Waals surface area contributed by atoms with Gasteiger partial charge in [-0.15, -0.1) is 0 Å². The SMILES string of the molecule is NC(=O)CCC1CCCN(C(=O)c2ccccc2-c2ncc(-c3ccccc3F)o2)C1. The number of likely N-dealkylation sites (tertiary alicyclic amines) is 1. The second-order valence-corrected chi connectivity index (χ2v) is 7.82. The molecule has 1 fully saturated rings. The van der Waals surface area contributed by atoms with Crippen molar-refractivity contribution in [3.05, 3.63) is 66.1 Å². The van der Waals surface area contributed by atoms with Crippen LogP contribution in [0.4, 0.5) is 4.39 Å². The molecule has 0 spiro atoms. The summed E-state index contributed by atoms with van der Waals surface area (Å²) in [6, 6.07) is 13.5. The first-order chi connectivity index (χ1) is 15.0. The molecule has 6 nitrogen and oxygen atoms in total. The van der Waals surface area contributed by atoms with Crippen molar-refractivity contribution in [1.29, 1.82) is 0 Å². The molecule has 4 rings (SSSR count). The van der Waals surface area contributed by atoms with Crippen molar-refractivity contribution in [2.45, 2.75) is 25.7 Å². The van der Waals surface area contributed by atoms with Gasteiger partial charge in [-0.3, -0.25) is 9.59 Å².